The van der Waals surface area contributed by atoms with Crippen LogP contribution in [0.1, 0.15) is 18.9 Å². The van der Waals surface area contributed by atoms with E-state index < -0.39 is 15.9 Å². The summed E-state index contributed by atoms with van der Waals surface area (Å²) in [4.78, 5) is 14.2. The Morgan fingerprint density at radius 2 is 2.10 bits per heavy atom. The molecular formula is C15H22N2O3S. The van der Waals surface area contributed by atoms with Gasteiger partial charge in [-0.3, -0.25) is 4.79 Å². The summed E-state index contributed by atoms with van der Waals surface area (Å²) in [5.74, 6) is 0.105. The van der Waals surface area contributed by atoms with Crippen molar-refractivity contribution in [2.45, 2.75) is 25.8 Å². The molecule has 6 heteroatoms. The lowest BCUT2D eigenvalue weighted by atomic mass is 9.93. The van der Waals surface area contributed by atoms with E-state index >= 15 is 0 Å². The topological polar surface area (TPSA) is 80.5 Å². The van der Waals surface area contributed by atoms with E-state index in [-0.39, 0.29) is 18.1 Å². The number of carbonyl (C=O) groups is 1. The summed E-state index contributed by atoms with van der Waals surface area (Å²) < 4.78 is 22.4. The second-order valence-corrected chi connectivity index (χ2v) is 8.17. The molecule has 1 aliphatic heterocycles. The average Bonchev–Trinajstić information content (AvgIpc) is 2.42. The van der Waals surface area contributed by atoms with Gasteiger partial charge < -0.3 is 10.6 Å². The lowest BCUT2D eigenvalue weighted by Crippen LogP contribution is -2.48. The maximum absolute atomic E-state index is 12.5. The highest BCUT2D eigenvalue weighted by molar-refractivity contribution is 7.90. The molecule has 1 heterocycles. The molecule has 0 saturated heterocycles. The fourth-order valence-electron chi connectivity index (χ4n) is 2.67. The van der Waals surface area contributed by atoms with Crippen LogP contribution in [0.2, 0.25) is 0 Å². The fourth-order valence-corrected chi connectivity index (χ4v) is 3.35. The first-order valence-corrected chi connectivity index (χ1v) is 9.16. The molecule has 2 unspecified atom stereocenters. The highest BCUT2D eigenvalue weighted by atomic mass is 32.2. The van der Waals surface area contributed by atoms with E-state index in [1.54, 1.807) is 4.90 Å². The molecule has 5 nitrogen and oxygen atoms in total. The number of fused-ring (bicyclic) bond motifs is 1. The Labute approximate surface area is 126 Å². The van der Waals surface area contributed by atoms with E-state index in [2.05, 4.69) is 6.92 Å². The van der Waals surface area contributed by atoms with E-state index in [9.17, 15) is 13.2 Å². The molecule has 0 bridgehead atoms. The first-order chi connectivity index (χ1) is 9.78. The second kappa shape index (κ2) is 6.15. The largest absolute Gasteiger partial charge is 0.320 e. The normalized spacial score (nSPS) is 20.0. The fraction of sp³-hybridized carbons (Fsp3) is 0.533. The van der Waals surface area contributed by atoms with Gasteiger partial charge in [0.05, 0.1) is 11.8 Å². The third kappa shape index (κ3) is 4.04. The van der Waals surface area contributed by atoms with Gasteiger partial charge in [0.1, 0.15) is 9.84 Å². The quantitative estimate of drug-likeness (QED) is 0.898. The van der Waals surface area contributed by atoms with Gasteiger partial charge in [0, 0.05) is 18.5 Å². The van der Waals surface area contributed by atoms with E-state index in [1.165, 1.54) is 0 Å². The van der Waals surface area contributed by atoms with E-state index in [0.29, 0.717) is 12.5 Å². The van der Waals surface area contributed by atoms with Crippen LogP contribution in [-0.4, -0.2) is 38.9 Å². The molecule has 1 aromatic rings. The van der Waals surface area contributed by atoms with Gasteiger partial charge in [-0.15, -0.1) is 0 Å². The van der Waals surface area contributed by atoms with E-state index in [4.69, 9.17) is 5.73 Å². The molecule has 0 radical (unpaired) electrons. The molecule has 0 spiro atoms. The summed E-state index contributed by atoms with van der Waals surface area (Å²) in [5.41, 5.74) is 7.94. The van der Waals surface area contributed by atoms with E-state index in [0.717, 1.165) is 23.9 Å². The molecule has 2 atom stereocenters. The number of amides is 1. The summed E-state index contributed by atoms with van der Waals surface area (Å²) in [6, 6.07) is 7.02. The Morgan fingerprint density at radius 1 is 1.43 bits per heavy atom. The molecular weight excluding hydrogens is 288 g/mol. The van der Waals surface area contributed by atoms with Crippen LogP contribution in [0.25, 0.3) is 0 Å². The van der Waals surface area contributed by atoms with Gasteiger partial charge in [-0.2, -0.15) is 0 Å². The maximum atomic E-state index is 12.5. The van der Waals surface area contributed by atoms with Crippen LogP contribution >= 0.6 is 0 Å². The van der Waals surface area contributed by atoms with Crippen molar-refractivity contribution < 1.29 is 13.2 Å². The number of sulfone groups is 1. The predicted octanol–water partition coefficient (Wildman–Crippen LogP) is 0.974. The zero-order valence-corrected chi connectivity index (χ0v) is 13.3. The summed E-state index contributed by atoms with van der Waals surface area (Å²) in [6.45, 7) is 2.72. The number of benzene rings is 1. The lowest BCUT2D eigenvalue weighted by molar-refractivity contribution is -0.120. The maximum Gasteiger partial charge on any atom is 0.243 e. The molecule has 0 aromatic heterocycles. The van der Waals surface area contributed by atoms with Gasteiger partial charge in [0.15, 0.2) is 0 Å². The smallest absolute Gasteiger partial charge is 0.243 e. The van der Waals surface area contributed by atoms with Crippen molar-refractivity contribution in [2.24, 2.45) is 11.7 Å². The van der Waals surface area contributed by atoms with Crippen LogP contribution in [0.5, 0.6) is 0 Å². The van der Waals surface area contributed by atoms with Crippen molar-refractivity contribution in [3.63, 3.8) is 0 Å². The summed E-state index contributed by atoms with van der Waals surface area (Å²) >= 11 is 0. The van der Waals surface area contributed by atoms with Gasteiger partial charge in [0.2, 0.25) is 5.91 Å². The number of rotatable bonds is 4. The van der Waals surface area contributed by atoms with Crippen LogP contribution < -0.4 is 10.6 Å². The van der Waals surface area contributed by atoms with Gasteiger partial charge in [0.25, 0.3) is 0 Å². The number of para-hydroxylation sites is 1. The Bertz CT molecular complexity index is 628. The third-order valence-electron chi connectivity index (χ3n) is 3.73. The second-order valence-electron chi connectivity index (χ2n) is 5.91. The molecule has 2 N–H and O–H groups in total. The highest BCUT2D eigenvalue weighted by Crippen LogP contribution is 2.29. The predicted molar refractivity (Wildman–Crippen MR) is 84.0 cm³/mol. The molecule has 21 heavy (non-hydrogen) atoms. The van der Waals surface area contributed by atoms with Crippen molar-refractivity contribution in [2.75, 3.05) is 23.5 Å². The van der Waals surface area contributed by atoms with Crippen LogP contribution in [0.15, 0.2) is 24.3 Å². The van der Waals surface area contributed by atoms with Crippen LogP contribution in [0.3, 0.4) is 0 Å². The molecule has 1 amide bonds. The van der Waals surface area contributed by atoms with Crippen LogP contribution in [-0.2, 0) is 21.1 Å². The highest BCUT2D eigenvalue weighted by Gasteiger charge is 2.29. The molecule has 0 saturated carbocycles. The molecule has 0 aliphatic carbocycles. The zero-order valence-electron chi connectivity index (χ0n) is 12.5. The van der Waals surface area contributed by atoms with Gasteiger partial charge in [-0.05, 0) is 30.4 Å². The number of carbonyl (C=O) groups excluding carboxylic acids is 1. The molecule has 116 valence electrons. The van der Waals surface area contributed by atoms with Crippen molar-refractivity contribution >= 4 is 21.4 Å². The van der Waals surface area contributed by atoms with Crippen molar-refractivity contribution in [3.05, 3.63) is 29.8 Å². The minimum Gasteiger partial charge on any atom is -0.320 e. The summed E-state index contributed by atoms with van der Waals surface area (Å²) in [5, 5.41) is 0. The van der Waals surface area contributed by atoms with Gasteiger partial charge in [-0.1, -0.05) is 25.1 Å². The Hall–Kier alpha value is -1.40. The van der Waals surface area contributed by atoms with Gasteiger partial charge >= 0.3 is 0 Å². The minimum absolute atomic E-state index is 0.0645. The lowest BCUT2D eigenvalue weighted by Gasteiger charge is -2.34. The Kier molecular flexibility index (Phi) is 4.68. The third-order valence-corrected chi connectivity index (χ3v) is 4.71. The molecule has 1 aliphatic rings. The number of nitrogens with two attached hydrogens (primary N) is 1. The van der Waals surface area contributed by atoms with Crippen LogP contribution in [0, 0.1) is 5.92 Å². The zero-order chi connectivity index (χ0) is 15.6. The first kappa shape index (κ1) is 16.0. The average molecular weight is 310 g/mol. The standard InChI is InChI=1S/C15H22N2O3S/c1-11-9-12-5-3-4-6-14(12)17(10-11)15(18)13(16)7-8-21(2,19)20/h3-6,11,13H,7-10,16H2,1-2H3. The first-order valence-electron chi connectivity index (χ1n) is 7.10. The number of nitrogens with zero attached hydrogens (tertiary/aromatic N) is 1. The molecule has 2 rings (SSSR count). The van der Waals surface area contributed by atoms with Crippen molar-refractivity contribution in [1.82, 2.24) is 0 Å². The van der Waals surface area contributed by atoms with Gasteiger partial charge in [-0.25, -0.2) is 8.42 Å². The monoisotopic (exact) mass is 310 g/mol. The Balaban J connectivity index is 2.15. The summed E-state index contributed by atoms with van der Waals surface area (Å²) in [6.07, 6.45) is 2.26. The summed E-state index contributed by atoms with van der Waals surface area (Å²) in [7, 11) is -3.11. The molecule has 1 aromatic carbocycles. The number of anilines is 1. The van der Waals surface area contributed by atoms with E-state index in [1.807, 2.05) is 24.3 Å². The van der Waals surface area contributed by atoms with Crippen molar-refractivity contribution in [1.29, 1.82) is 0 Å². The minimum atomic E-state index is -3.11. The SMILES string of the molecule is CC1Cc2ccccc2N(C(=O)C(N)CCS(C)(=O)=O)C1. The molecule has 0 fully saturated rings. The number of hydrogen-bond donors (Lipinski definition) is 1. The van der Waals surface area contributed by atoms with Crippen LogP contribution in [0.4, 0.5) is 5.69 Å². The number of hydrogen-bond acceptors (Lipinski definition) is 4. The van der Waals surface area contributed by atoms with Crippen molar-refractivity contribution in [3.8, 4) is 0 Å². The Morgan fingerprint density at radius 3 is 2.76 bits per heavy atom.